The Morgan fingerprint density at radius 3 is 1.96 bits per heavy atom. The first-order valence-electron chi connectivity index (χ1n) is 8.19. The van der Waals surface area contributed by atoms with Gasteiger partial charge in [-0.3, -0.25) is 0 Å². The smallest absolute Gasteiger partial charge is 0.416 e. The lowest BCUT2D eigenvalue weighted by Gasteiger charge is -2.25. The van der Waals surface area contributed by atoms with Gasteiger partial charge in [-0.1, -0.05) is 84.0 Å². The third-order valence-electron chi connectivity index (χ3n) is 3.79. The highest BCUT2D eigenvalue weighted by molar-refractivity contribution is 7.31. The molecule has 27 heavy (non-hydrogen) atoms. The van der Waals surface area contributed by atoms with Crippen LogP contribution in [0.3, 0.4) is 0 Å². The molecule has 3 aromatic carbocycles. The minimum Gasteiger partial charge on any atom is -0.495 e. The lowest BCUT2D eigenvalue weighted by molar-refractivity contribution is 0.566. The van der Waals surface area contributed by atoms with Crippen LogP contribution in [0.5, 0.6) is 0 Å². The van der Waals surface area contributed by atoms with Gasteiger partial charge < -0.3 is 10.2 Å². The average molecular weight is 398 g/mol. The molecule has 0 heterocycles. The Balaban J connectivity index is 1.87. The van der Waals surface area contributed by atoms with Gasteiger partial charge in [0.15, 0.2) is 0 Å². The van der Waals surface area contributed by atoms with E-state index in [4.69, 9.17) is 21.2 Å². The number of nitrogens with two attached hydrogens (primary N) is 1. The lowest BCUT2D eigenvalue weighted by atomic mass is 10.2. The topological polar surface area (TPSA) is 60.0 Å². The fraction of sp³-hybridized carbons (Fsp3) is 0. The first kappa shape index (κ1) is 18.8. The quantitative estimate of drug-likeness (QED) is 0.236. The molecule has 7 heteroatoms. The maximum Gasteiger partial charge on any atom is 0.416 e. The van der Waals surface area contributed by atoms with Crippen molar-refractivity contribution in [3.05, 3.63) is 96.3 Å². The monoisotopic (exact) mass is 397 g/mol. The van der Waals surface area contributed by atoms with Crippen LogP contribution in [0.2, 0.25) is 0 Å². The van der Waals surface area contributed by atoms with E-state index in [1.54, 1.807) is 18.2 Å². The molecule has 0 spiro atoms. The van der Waals surface area contributed by atoms with Crippen molar-refractivity contribution in [3.63, 3.8) is 0 Å². The van der Waals surface area contributed by atoms with Gasteiger partial charge in [0, 0.05) is 5.56 Å². The van der Waals surface area contributed by atoms with Crippen LogP contribution in [-0.4, -0.2) is 19.9 Å². The molecule has 136 valence electrons. The number of nitrogens with zero attached hydrogens (tertiary/aromatic N) is 2. The van der Waals surface area contributed by atoms with Crippen molar-refractivity contribution < 1.29 is 8.82 Å². The Hall–Kier alpha value is -2.96. The summed E-state index contributed by atoms with van der Waals surface area (Å²) in [5.41, 5.74) is 6.21. The zero-order chi connectivity index (χ0) is 19.1. The second kappa shape index (κ2) is 8.61. The summed E-state index contributed by atoms with van der Waals surface area (Å²) in [7, 11) is -3.14. The standard InChI is InChI=1S/C20H17ClFN3OSi/c21-27(17-10-3-1-4-11-17,18-12-5-2-6-13-18)26-20(23)25-24-15-16-9-7-8-14-19(16)22/h1-15H,(H2,23,25)/b24-15+. The van der Waals surface area contributed by atoms with Crippen LogP contribution in [0.15, 0.2) is 95.1 Å². The Kier molecular flexibility index (Phi) is 6.00. The highest BCUT2D eigenvalue weighted by Gasteiger charge is 2.40. The minimum absolute atomic E-state index is 0.183. The molecular weight excluding hydrogens is 381 g/mol. The summed E-state index contributed by atoms with van der Waals surface area (Å²) < 4.78 is 19.5. The molecule has 0 saturated heterocycles. The number of hydrogen-bond acceptors (Lipinski definition) is 3. The van der Waals surface area contributed by atoms with E-state index in [2.05, 4.69) is 10.2 Å². The van der Waals surface area contributed by atoms with E-state index in [-0.39, 0.29) is 6.02 Å². The molecule has 3 rings (SSSR count). The third kappa shape index (κ3) is 4.61. The van der Waals surface area contributed by atoms with Crippen molar-refractivity contribution in [1.82, 2.24) is 0 Å². The van der Waals surface area contributed by atoms with Gasteiger partial charge >= 0.3 is 7.63 Å². The third-order valence-corrected chi connectivity index (χ3v) is 7.98. The maximum atomic E-state index is 13.6. The van der Waals surface area contributed by atoms with E-state index in [1.165, 1.54) is 12.3 Å². The second-order valence-electron chi connectivity index (χ2n) is 5.63. The Morgan fingerprint density at radius 1 is 0.889 bits per heavy atom. The van der Waals surface area contributed by atoms with E-state index in [9.17, 15) is 4.39 Å². The van der Waals surface area contributed by atoms with Gasteiger partial charge in [0.25, 0.3) is 6.02 Å². The zero-order valence-electron chi connectivity index (χ0n) is 14.3. The number of benzene rings is 3. The van der Waals surface area contributed by atoms with E-state index in [0.29, 0.717) is 5.56 Å². The van der Waals surface area contributed by atoms with E-state index in [0.717, 1.165) is 10.4 Å². The maximum absolute atomic E-state index is 13.6. The van der Waals surface area contributed by atoms with Crippen molar-refractivity contribution >= 4 is 41.3 Å². The predicted molar refractivity (Wildman–Crippen MR) is 110 cm³/mol. The minimum atomic E-state index is -3.14. The number of halogens is 2. The number of hydrogen-bond donors (Lipinski definition) is 1. The van der Waals surface area contributed by atoms with Gasteiger partial charge in [-0.05, 0) is 16.4 Å². The molecule has 2 N–H and O–H groups in total. The summed E-state index contributed by atoms with van der Waals surface area (Å²) in [5, 5.41) is 9.29. The second-order valence-corrected chi connectivity index (χ2v) is 9.78. The number of amidine groups is 1. The lowest BCUT2D eigenvalue weighted by Crippen LogP contribution is -2.58. The average Bonchev–Trinajstić information content (AvgIpc) is 2.71. The normalized spacial score (nSPS) is 12.3. The van der Waals surface area contributed by atoms with Crippen molar-refractivity contribution in [2.24, 2.45) is 15.9 Å². The zero-order valence-corrected chi connectivity index (χ0v) is 16.1. The van der Waals surface area contributed by atoms with Gasteiger partial charge in [-0.25, -0.2) is 4.39 Å². The molecule has 0 atom stereocenters. The van der Waals surface area contributed by atoms with Gasteiger partial charge in [0.1, 0.15) is 5.82 Å². The molecule has 0 unspecified atom stereocenters. The van der Waals surface area contributed by atoms with Crippen molar-refractivity contribution in [3.8, 4) is 0 Å². The van der Waals surface area contributed by atoms with Crippen LogP contribution in [0.25, 0.3) is 0 Å². The Morgan fingerprint density at radius 2 is 1.41 bits per heavy atom. The van der Waals surface area contributed by atoms with Gasteiger partial charge in [0.05, 0.1) is 6.21 Å². The molecule has 0 aliphatic rings. The van der Waals surface area contributed by atoms with Crippen molar-refractivity contribution in [2.45, 2.75) is 0 Å². The van der Waals surface area contributed by atoms with Crippen LogP contribution in [0, 0.1) is 5.82 Å². The van der Waals surface area contributed by atoms with Gasteiger partial charge in [0.2, 0.25) is 0 Å². The Bertz CT molecular complexity index is 912. The van der Waals surface area contributed by atoms with E-state index in [1.807, 2.05) is 60.7 Å². The summed E-state index contributed by atoms with van der Waals surface area (Å²) in [6, 6.07) is 24.9. The SMILES string of the molecule is N/C(=N\N=C\c1ccccc1F)O[Si](Cl)(c1ccccc1)c1ccccc1. The molecule has 0 amide bonds. The van der Waals surface area contributed by atoms with Gasteiger partial charge in [-0.2, -0.15) is 5.10 Å². The summed E-state index contributed by atoms with van der Waals surface area (Å²) in [6.45, 7) is 0. The highest BCUT2D eigenvalue weighted by atomic mass is 35.6. The fourth-order valence-corrected chi connectivity index (χ4v) is 5.62. The molecule has 0 aromatic heterocycles. The highest BCUT2D eigenvalue weighted by Crippen LogP contribution is 2.13. The molecule has 0 aliphatic heterocycles. The molecular formula is C20H17ClFN3OSi. The van der Waals surface area contributed by atoms with Crippen LogP contribution < -0.4 is 16.1 Å². The molecule has 0 saturated carbocycles. The van der Waals surface area contributed by atoms with Crippen molar-refractivity contribution in [1.29, 1.82) is 0 Å². The molecule has 0 aliphatic carbocycles. The first-order chi connectivity index (χ1) is 13.1. The largest absolute Gasteiger partial charge is 0.495 e. The molecule has 3 aromatic rings. The van der Waals surface area contributed by atoms with Crippen LogP contribution in [0.1, 0.15) is 5.56 Å². The summed E-state index contributed by atoms with van der Waals surface area (Å²) in [5.74, 6) is -0.398. The van der Waals surface area contributed by atoms with Gasteiger partial charge in [-0.15, -0.1) is 11.1 Å². The molecule has 0 bridgehead atoms. The summed E-state index contributed by atoms with van der Waals surface area (Å²) >= 11 is 6.95. The van der Waals surface area contributed by atoms with Crippen molar-refractivity contribution in [2.75, 3.05) is 0 Å². The Labute approximate surface area is 162 Å². The molecule has 0 fully saturated rings. The van der Waals surface area contributed by atoms with E-state index < -0.39 is 13.4 Å². The predicted octanol–water partition coefficient (Wildman–Crippen LogP) is 2.99. The van der Waals surface area contributed by atoms with Crippen LogP contribution in [0.4, 0.5) is 4.39 Å². The fourth-order valence-electron chi connectivity index (χ4n) is 2.48. The van der Waals surface area contributed by atoms with Crippen LogP contribution >= 0.6 is 11.1 Å². The molecule has 4 nitrogen and oxygen atoms in total. The number of rotatable bonds is 5. The first-order valence-corrected chi connectivity index (χ1v) is 11.1. The molecule has 0 radical (unpaired) electrons. The summed E-state index contributed by atoms with van der Waals surface area (Å²) in [4.78, 5) is 0. The summed E-state index contributed by atoms with van der Waals surface area (Å²) in [6.07, 6.45) is 1.27. The van der Waals surface area contributed by atoms with Crippen LogP contribution in [-0.2, 0) is 4.43 Å². The van der Waals surface area contributed by atoms with E-state index >= 15 is 0 Å².